The zero-order valence-electron chi connectivity index (χ0n) is 14.3. The van der Waals surface area contributed by atoms with E-state index in [-0.39, 0.29) is 0 Å². The third-order valence-corrected chi connectivity index (χ3v) is 4.65. The molecule has 0 saturated heterocycles. The van der Waals surface area contributed by atoms with Gasteiger partial charge in [0.05, 0.1) is 6.54 Å². The Kier molecular flexibility index (Phi) is 4.59. The summed E-state index contributed by atoms with van der Waals surface area (Å²) >= 11 is 0. The molecule has 1 atom stereocenters. The number of nitrogens with zero attached hydrogens (tertiary/aromatic N) is 3. The first-order valence-electron chi connectivity index (χ1n) is 8.49. The average molecular weight is 335 g/mol. The molecule has 25 heavy (non-hydrogen) atoms. The van der Waals surface area contributed by atoms with Crippen molar-refractivity contribution in [3.8, 4) is 0 Å². The van der Waals surface area contributed by atoms with Gasteiger partial charge in [-0.05, 0) is 23.1 Å². The molecular formula is C20H21N3O2. The molecule has 2 aromatic carbocycles. The lowest BCUT2D eigenvalue weighted by atomic mass is 9.90. The van der Waals surface area contributed by atoms with Crippen LogP contribution in [0.15, 0.2) is 59.1 Å². The summed E-state index contributed by atoms with van der Waals surface area (Å²) in [6.07, 6.45) is 0.985. The molecule has 5 nitrogen and oxygen atoms in total. The third-order valence-electron chi connectivity index (χ3n) is 4.65. The predicted molar refractivity (Wildman–Crippen MR) is 93.6 cm³/mol. The Balaban J connectivity index is 1.62. The van der Waals surface area contributed by atoms with Crippen molar-refractivity contribution < 1.29 is 9.26 Å². The molecule has 2 heterocycles. The van der Waals surface area contributed by atoms with Crippen molar-refractivity contribution >= 4 is 0 Å². The largest absolute Gasteiger partial charge is 0.377 e. The van der Waals surface area contributed by atoms with Gasteiger partial charge in [0.2, 0.25) is 5.89 Å². The van der Waals surface area contributed by atoms with E-state index in [1.165, 1.54) is 16.7 Å². The van der Waals surface area contributed by atoms with Crippen LogP contribution in [0.4, 0.5) is 0 Å². The molecule has 0 amide bonds. The van der Waals surface area contributed by atoms with E-state index in [0.29, 0.717) is 30.9 Å². The second kappa shape index (κ2) is 7.17. The van der Waals surface area contributed by atoms with E-state index in [2.05, 4.69) is 69.6 Å². The van der Waals surface area contributed by atoms with E-state index in [4.69, 9.17) is 9.26 Å². The van der Waals surface area contributed by atoms with Crippen LogP contribution in [-0.4, -0.2) is 22.2 Å². The molecular weight excluding hydrogens is 314 g/mol. The summed E-state index contributed by atoms with van der Waals surface area (Å²) in [6, 6.07) is 19.6. The molecule has 0 spiro atoms. The fourth-order valence-corrected chi connectivity index (χ4v) is 3.46. The van der Waals surface area contributed by atoms with Gasteiger partial charge in [-0.15, -0.1) is 0 Å². The maximum absolute atomic E-state index is 5.41. The van der Waals surface area contributed by atoms with Gasteiger partial charge in [0.15, 0.2) is 5.82 Å². The molecule has 1 aliphatic heterocycles. The number of ether oxygens (including phenoxy) is 1. The summed E-state index contributed by atoms with van der Waals surface area (Å²) in [5.41, 5.74) is 4.10. The first-order chi connectivity index (χ1) is 12.3. The summed E-state index contributed by atoms with van der Waals surface area (Å²) in [5, 5.41) is 3.98. The van der Waals surface area contributed by atoms with Crippen molar-refractivity contribution in [2.45, 2.75) is 32.2 Å². The standard InChI is InChI=1S/C20H21N3O2/c1-24-14-19-21-20(25-22-19)13-23-12-17-10-6-5-9-16(17)11-18(23)15-7-3-2-4-8-15/h2-10,18H,11-14H2,1H3/t18-/m1/s1. The molecule has 4 rings (SSSR count). The molecule has 128 valence electrons. The SMILES string of the molecule is COCc1noc(CN2Cc3ccccc3C[C@@H]2c2ccccc2)n1. The van der Waals surface area contributed by atoms with Gasteiger partial charge in [0, 0.05) is 19.7 Å². The smallest absolute Gasteiger partial charge is 0.240 e. The van der Waals surface area contributed by atoms with Crippen LogP contribution >= 0.6 is 0 Å². The van der Waals surface area contributed by atoms with Crippen molar-refractivity contribution in [2.24, 2.45) is 0 Å². The molecule has 1 aromatic heterocycles. The number of aromatic nitrogens is 2. The van der Waals surface area contributed by atoms with Gasteiger partial charge in [0.25, 0.3) is 0 Å². The Labute approximate surface area is 147 Å². The van der Waals surface area contributed by atoms with Gasteiger partial charge >= 0.3 is 0 Å². The minimum absolute atomic E-state index is 0.300. The van der Waals surface area contributed by atoms with Crippen LogP contribution < -0.4 is 0 Å². The lowest BCUT2D eigenvalue weighted by molar-refractivity contribution is 0.142. The normalized spacial score (nSPS) is 17.4. The molecule has 0 unspecified atom stereocenters. The average Bonchev–Trinajstić information content (AvgIpc) is 3.09. The Hall–Kier alpha value is -2.50. The number of hydrogen-bond acceptors (Lipinski definition) is 5. The second-order valence-electron chi connectivity index (χ2n) is 6.34. The monoisotopic (exact) mass is 335 g/mol. The highest BCUT2D eigenvalue weighted by Crippen LogP contribution is 2.34. The third kappa shape index (κ3) is 3.48. The Morgan fingerprint density at radius 2 is 1.84 bits per heavy atom. The lowest BCUT2D eigenvalue weighted by Crippen LogP contribution is -2.33. The van der Waals surface area contributed by atoms with Crippen LogP contribution in [0, 0.1) is 0 Å². The predicted octanol–water partition coefficient (Wildman–Crippen LogP) is 3.52. The van der Waals surface area contributed by atoms with E-state index in [9.17, 15) is 0 Å². The molecule has 0 aliphatic carbocycles. The second-order valence-corrected chi connectivity index (χ2v) is 6.34. The van der Waals surface area contributed by atoms with Crippen LogP contribution in [0.2, 0.25) is 0 Å². The lowest BCUT2D eigenvalue weighted by Gasteiger charge is -2.36. The zero-order valence-corrected chi connectivity index (χ0v) is 14.3. The zero-order chi connectivity index (χ0) is 17.1. The van der Waals surface area contributed by atoms with Crippen molar-refractivity contribution in [1.29, 1.82) is 0 Å². The summed E-state index contributed by atoms with van der Waals surface area (Å²) in [7, 11) is 1.63. The quantitative estimate of drug-likeness (QED) is 0.714. The topological polar surface area (TPSA) is 51.4 Å². The molecule has 5 heteroatoms. The number of hydrogen-bond donors (Lipinski definition) is 0. The van der Waals surface area contributed by atoms with E-state index in [0.717, 1.165) is 13.0 Å². The maximum atomic E-state index is 5.41. The van der Waals surface area contributed by atoms with Gasteiger partial charge in [-0.1, -0.05) is 59.8 Å². The molecule has 0 N–H and O–H groups in total. The highest BCUT2D eigenvalue weighted by atomic mass is 16.5. The molecule has 0 saturated carbocycles. The number of rotatable bonds is 5. The maximum Gasteiger partial charge on any atom is 0.240 e. The summed E-state index contributed by atoms with van der Waals surface area (Å²) in [4.78, 5) is 6.84. The fourth-order valence-electron chi connectivity index (χ4n) is 3.46. The van der Waals surface area contributed by atoms with Crippen LogP contribution in [0.5, 0.6) is 0 Å². The molecule has 0 radical (unpaired) electrons. The van der Waals surface area contributed by atoms with Crippen molar-refractivity contribution in [2.75, 3.05) is 7.11 Å². The first-order valence-corrected chi connectivity index (χ1v) is 8.49. The first kappa shape index (κ1) is 16.0. The highest BCUT2D eigenvalue weighted by Gasteiger charge is 2.28. The van der Waals surface area contributed by atoms with Crippen LogP contribution in [-0.2, 0) is 30.9 Å². The molecule has 0 fully saturated rings. The molecule has 1 aliphatic rings. The van der Waals surface area contributed by atoms with Gasteiger partial charge < -0.3 is 9.26 Å². The Morgan fingerprint density at radius 1 is 1.08 bits per heavy atom. The van der Waals surface area contributed by atoms with Crippen molar-refractivity contribution in [1.82, 2.24) is 15.0 Å². The van der Waals surface area contributed by atoms with E-state index < -0.39 is 0 Å². The Morgan fingerprint density at radius 3 is 2.64 bits per heavy atom. The van der Waals surface area contributed by atoms with Gasteiger partial charge in [0.1, 0.15) is 6.61 Å². The minimum Gasteiger partial charge on any atom is -0.377 e. The molecule has 0 bridgehead atoms. The number of benzene rings is 2. The Bertz CT molecular complexity index is 832. The summed E-state index contributed by atoms with van der Waals surface area (Å²) in [5.74, 6) is 1.22. The van der Waals surface area contributed by atoms with E-state index in [1.54, 1.807) is 7.11 Å². The summed E-state index contributed by atoms with van der Waals surface area (Å²) in [6.45, 7) is 1.87. The van der Waals surface area contributed by atoms with E-state index >= 15 is 0 Å². The van der Waals surface area contributed by atoms with Crippen molar-refractivity contribution in [3.63, 3.8) is 0 Å². The summed E-state index contributed by atoms with van der Waals surface area (Å²) < 4.78 is 10.5. The van der Waals surface area contributed by atoms with E-state index in [1.807, 2.05) is 0 Å². The van der Waals surface area contributed by atoms with Crippen LogP contribution in [0.25, 0.3) is 0 Å². The van der Waals surface area contributed by atoms with Gasteiger partial charge in [-0.25, -0.2) is 0 Å². The van der Waals surface area contributed by atoms with Gasteiger partial charge in [-0.3, -0.25) is 4.90 Å². The van der Waals surface area contributed by atoms with Crippen molar-refractivity contribution in [3.05, 3.63) is 83.0 Å². The van der Waals surface area contributed by atoms with Crippen LogP contribution in [0.3, 0.4) is 0 Å². The molecule has 3 aromatic rings. The van der Waals surface area contributed by atoms with Gasteiger partial charge in [-0.2, -0.15) is 4.98 Å². The minimum atomic E-state index is 0.300. The number of fused-ring (bicyclic) bond motifs is 1. The highest BCUT2D eigenvalue weighted by molar-refractivity contribution is 5.33. The number of methoxy groups -OCH3 is 1. The fraction of sp³-hybridized carbons (Fsp3) is 0.300. The van der Waals surface area contributed by atoms with Crippen LogP contribution in [0.1, 0.15) is 34.4 Å².